The van der Waals surface area contributed by atoms with Crippen LogP contribution in [0.2, 0.25) is 0 Å². The molecule has 0 saturated heterocycles. The van der Waals surface area contributed by atoms with E-state index in [4.69, 9.17) is 9.84 Å². The lowest BCUT2D eigenvalue weighted by atomic mass is 10.3. The maximum Gasteiger partial charge on any atom is 0.224 e. The van der Waals surface area contributed by atoms with Crippen LogP contribution in [0.25, 0.3) is 0 Å². The molecule has 0 bridgehead atoms. The van der Waals surface area contributed by atoms with Gasteiger partial charge < -0.3 is 20.3 Å². The summed E-state index contributed by atoms with van der Waals surface area (Å²) in [5.41, 5.74) is 0.560. The summed E-state index contributed by atoms with van der Waals surface area (Å²) >= 11 is 0. The molecule has 1 atom stereocenters. The number of rotatable bonds is 6. The molecule has 0 heterocycles. The van der Waals surface area contributed by atoms with E-state index in [0.717, 1.165) is 0 Å². The molecule has 1 aromatic rings. The van der Waals surface area contributed by atoms with Crippen LogP contribution in [0.3, 0.4) is 0 Å². The lowest BCUT2D eigenvalue weighted by Gasteiger charge is -2.13. The second-order valence-corrected chi connectivity index (χ2v) is 3.55. The number of hydrogen-bond donors (Lipinski definition) is 3. The predicted molar refractivity (Wildman–Crippen MR) is 64.0 cm³/mol. The molecule has 1 rings (SSSR count). The fraction of sp³-hybridized carbons (Fsp3) is 0.417. The summed E-state index contributed by atoms with van der Waals surface area (Å²) in [6.07, 6.45) is -0.543. The molecular weight excluding hydrogens is 222 g/mol. The highest BCUT2D eigenvalue weighted by Crippen LogP contribution is 2.23. The van der Waals surface area contributed by atoms with Gasteiger partial charge in [0.05, 0.1) is 12.3 Å². The summed E-state index contributed by atoms with van der Waals surface area (Å²) in [6, 6.07) is 6.95. The zero-order valence-electron chi connectivity index (χ0n) is 9.72. The lowest BCUT2D eigenvalue weighted by molar-refractivity contribution is -0.115. The lowest BCUT2D eigenvalue weighted by Crippen LogP contribution is -2.22. The van der Waals surface area contributed by atoms with Crippen LogP contribution in [-0.2, 0) is 4.79 Å². The highest BCUT2D eigenvalue weighted by Gasteiger charge is 2.08. The topological polar surface area (TPSA) is 78.8 Å². The van der Waals surface area contributed by atoms with Gasteiger partial charge in [-0.25, -0.2) is 0 Å². The van der Waals surface area contributed by atoms with Gasteiger partial charge in [0.1, 0.15) is 18.5 Å². The van der Waals surface area contributed by atoms with E-state index in [2.05, 4.69) is 5.32 Å². The molecule has 5 nitrogen and oxygen atoms in total. The van der Waals surface area contributed by atoms with Crippen molar-refractivity contribution in [3.8, 4) is 5.75 Å². The Hall–Kier alpha value is -1.59. The van der Waals surface area contributed by atoms with E-state index in [-0.39, 0.29) is 19.1 Å². The van der Waals surface area contributed by atoms with Gasteiger partial charge in [0.2, 0.25) is 5.91 Å². The minimum Gasteiger partial charge on any atom is -0.489 e. The number of aliphatic hydroxyl groups excluding tert-OH is 2. The molecule has 0 saturated carbocycles. The number of para-hydroxylation sites is 2. The first-order valence-corrected chi connectivity index (χ1v) is 5.48. The van der Waals surface area contributed by atoms with Crippen molar-refractivity contribution < 1.29 is 19.7 Å². The van der Waals surface area contributed by atoms with Crippen LogP contribution in [0.4, 0.5) is 5.69 Å². The standard InChI is InChI=1S/C12H17NO4/c1-2-12(16)13-10-5-3-4-6-11(10)17-8-9(15)7-14/h3-6,9,14-15H,2,7-8H2,1H3,(H,13,16). The van der Waals surface area contributed by atoms with Gasteiger partial charge in [-0.05, 0) is 12.1 Å². The summed E-state index contributed by atoms with van der Waals surface area (Å²) in [5, 5.41) is 20.5. The smallest absolute Gasteiger partial charge is 0.224 e. The zero-order chi connectivity index (χ0) is 12.7. The highest BCUT2D eigenvalue weighted by molar-refractivity contribution is 5.91. The van der Waals surface area contributed by atoms with Crippen molar-refractivity contribution in [2.45, 2.75) is 19.4 Å². The Morgan fingerprint density at radius 3 is 2.82 bits per heavy atom. The Morgan fingerprint density at radius 1 is 1.47 bits per heavy atom. The molecule has 17 heavy (non-hydrogen) atoms. The minimum atomic E-state index is -0.926. The normalized spacial score (nSPS) is 11.9. The first kappa shape index (κ1) is 13.5. The Kier molecular flexibility index (Phi) is 5.45. The molecule has 0 aliphatic heterocycles. The maximum absolute atomic E-state index is 11.3. The van der Waals surface area contributed by atoms with Crippen LogP contribution in [0, 0.1) is 0 Å². The van der Waals surface area contributed by atoms with Crippen LogP contribution in [0.5, 0.6) is 5.75 Å². The van der Waals surface area contributed by atoms with E-state index in [1.54, 1.807) is 31.2 Å². The van der Waals surface area contributed by atoms with E-state index in [0.29, 0.717) is 17.9 Å². The van der Waals surface area contributed by atoms with Gasteiger partial charge in [-0.1, -0.05) is 19.1 Å². The Labute approximate surface area is 100 Å². The van der Waals surface area contributed by atoms with Crippen molar-refractivity contribution in [2.75, 3.05) is 18.5 Å². The summed E-state index contributed by atoms with van der Waals surface area (Å²) in [5.74, 6) is 0.366. The number of carbonyl (C=O) groups excluding carboxylic acids is 1. The van der Waals surface area contributed by atoms with Crippen LogP contribution in [-0.4, -0.2) is 35.4 Å². The van der Waals surface area contributed by atoms with Crippen molar-refractivity contribution in [3.05, 3.63) is 24.3 Å². The summed E-state index contributed by atoms with van der Waals surface area (Å²) in [6.45, 7) is 1.38. The second-order valence-electron chi connectivity index (χ2n) is 3.55. The molecule has 0 fully saturated rings. The van der Waals surface area contributed by atoms with E-state index in [9.17, 15) is 9.90 Å². The van der Waals surface area contributed by atoms with Crippen molar-refractivity contribution in [1.82, 2.24) is 0 Å². The fourth-order valence-electron chi connectivity index (χ4n) is 1.17. The number of benzene rings is 1. The average Bonchev–Trinajstić information content (AvgIpc) is 2.37. The van der Waals surface area contributed by atoms with Crippen molar-refractivity contribution in [3.63, 3.8) is 0 Å². The molecule has 0 spiro atoms. The number of nitrogens with one attached hydrogen (secondary N) is 1. The Bertz CT molecular complexity index is 367. The molecule has 94 valence electrons. The fourth-order valence-corrected chi connectivity index (χ4v) is 1.17. The maximum atomic E-state index is 11.3. The molecule has 1 aromatic carbocycles. The van der Waals surface area contributed by atoms with Gasteiger partial charge in [-0.2, -0.15) is 0 Å². The predicted octanol–water partition coefficient (Wildman–Crippen LogP) is 0.767. The first-order valence-electron chi connectivity index (χ1n) is 5.48. The largest absolute Gasteiger partial charge is 0.489 e. The summed E-state index contributed by atoms with van der Waals surface area (Å²) < 4.78 is 5.31. The third kappa shape index (κ3) is 4.42. The molecule has 0 aliphatic carbocycles. The molecule has 0 aromatic heterocycles. The monoisotopic (exact) mass is 239 g/mol. The third-order valence-electron chi connectivity index (χ3n) is 2.12. The SMILES string of the molecule is CCC(=O)Nc1ccccc1OCC(O)CO. The van der Waals surface area contributed by atoms with Crippen molar-refractivity contribution >= 4 is 11.6 Å². The van der Waals surface area contributed by atoms with E-state index < -0.39 is 6.10 Å². The number of carbonyl (C=O) groups is 1. The van der Waals surface area contributed by atoms with Crippen molar-refractivity contribution in [1.29, 1.82) is 0 Å². The number of hydrogen-bond acceptors (Lipinski definition) is 4. The van der Waals surface area contributed by atoms with Gasteiger partial charge >= 0.3 is 0 Å². The molecule has 0 aliphatic rings. The second kappa shape index (κ2) is 6.88. The van der Waals surface area contributed by atoms with E-state index in [1.165, 1.54) is 0 Å². The molecule has 1 unspecified atom stereocenters. The number of aliphatic hydroxyl groups is 2. The average molecular weight is 239 g/mol. The Morgan fingerprint density at radius 2 is 2.18 bits per heavy atom. The zero-order valence-corrected chi connectivity index (χ0v) is 9.72. The summed E-state index contributed by atoms with van der Waals surface area (Å²) in [7, 11) is 0. The first-order chi connectivity index (χ1) is 8.17. The van der Waals surface area contributed by atoms with Gasteiger partial charge in [-0.15, -0.1) is 0 Å². The number of ether oxygens (including phenoxy) is 1. The quantitative estimate of drug-likeness (QED) is 0.685. The molecular formula is C12H17NO4. The van der Waals surface area contributed by atoms with Crippen LogP contribution < -0.4 is 10.1 Å². The van der Waals surface area contributed by atoms with Crippen LogP contribution in [0.1, 0.15) is 13.3 Å². The van der Waals surface area contributed by atoms with Gasteiger partial charge in [0.15, 0.2) is 0 Å². The van der Waals surface area contributed by atoms with Crippen molar-refractivity contribution in [2.24, 2.45) is 0 Å². The van der Waals surface area contributed by atoms with Gasteiger partial charge in [0.25, 0.3) is 0 Å². The van der Waals surface area contributed by atoms with Gasteiger partial charge in [0, 0.05) is 6.42 Å². The van der Waals surface area contributed by atoms with Crippen LogP contribution in [0.15, 0.2) is 24.3 Å². The Balaban J connectivity index is 2.67. The molecule has 5 heteroatoms. The number of anilines is 1. The summed E-state index contributed by atoms with van der Waals surface area (Å²) in [4.78, 5) is 11.3. The van der Waals surface area contributed by atoms with Gasteiger partial charge in [-0.3, -0.25) is 4.79 Å². The van der Waals surface area contributed by atoms with Crippen LogP contribution >= 0.6 is 0 Å². The minimum absolute atomic E-state index is 0.0183. The van der Waals surface area contributed by atoms with E-state index in [1.807, 2.05) is 0 Å². The highest BCUT2D eigenvalue weighted by atomic mass is 16.5. The number of amides is 1. The molecule has 0 radical (unpaired) electrons. The molecule has 1 amide bonds. The third-order valence-corrected chi connectivity index (χ3v) is 2.12. The van der Waals surface area contributed by atoms with E-state index >= 15 is 0 Å². The molecule has 3 N–H and O–H groups in total.